The molecular formula is C42H46F3N9O4. The highest BCUT2D eigenvalue weighted by molar-refractivity contribution is 6.09. The molecule has 304 valence electrons. The molecular weight excluding hydrogens is 752 g/mol. The first kappa shape index (κ1) is 39.2. The minimum atomic E-state index is -4.65. The second kappa shape index (κ2) is 16.7. The Morgan fingerprint density at radius 1 is 0.931 bits per heavy atom. The number of likely N-dealkylation sites (tertiary alicyclic amines) is 1. The van der Waals surface area contributed by atoms with Crippen LogP contribution in [0.3, 0.4) is 0 Å². The largest absolute Gasteiger partial charge is 0.490 e. The van der Waals surface area contributed by atoms with Gasteiger partial charge in [-0.25, -0.2) is 9.78 Å². The second-order valence-electron chi connectivity index (χ2n) is 15.8. The third-order valence-electron chi connectivity index (χ3n) is 12.1. The molecule has 4 aromatic rings. The van der Waals surface area contributed by atoms with Crippen molar-refractivity contribution in [3.8, 4) is 11.8 Å². The lowest BCUT2D eigenvalue weighted by atomic mass is 9.92. The molecule has 13 nitrogen and oxygen atoms in total. The number of imide groups is 1. The van der Waals surface area contributed by atoms with Gasteiger partial charge in [0.1, 0.15) is 11.6 Å². The molecule has 16 heteroatoms. The fraction of sp³-hybridized carbons (Fsp3) is 0.476. The van der Waals surface area contributed by atoms with E-state index >= 15 is 0 Å². The van der Waals surface area contributed by atoms with Gasteiger partial charge < -0.3 is 24.4 Å². The van der Waals surface area contributed by atoms with E-state index in [4.69, 9.17) is 10.00 Å². The quantitative estimate of drug-likeness (QED) is 0.195. The first-order chi connectivity index (χ1) is 28.0. The number of alkyl halides is 3. The van der Waals surface area contributed by atoms with E-state index in [2.05, 4.69) is 41.2 Å². The Kier molecular flexibility index (Phi) is 11.2. The number of halogens is 3. The average Bonchev–Trinajstić information content (AvgIpc) is 3.67. The van der Waals surface area contributed by atoms with Crippen LogP contribution in [0.25, 0.3) is 10.9 Å². The number of nitrogens with zero attached hydrogens (tertiary/aromatic N) is 7. The number of hydrogen-bond donors (Lipinski definition) is 2. The van der Waals surface area contributed by atoms with Gasteiger partial charge in [-0.15, -0.1) is 0 Å². The Hall–Kier alpha value is -5.69. The normalized spacial score (nSPS) is 21.5. The number of rotatable bonds is 9. The summed E-state index contributed by atoms with van der Waals surface area (Å²) in [5.41, 5.74) is 0.758. The van der Waals surface area contributed by atoms with Crippen molar-refractivity contribution in [1.29, 1.82) is 5.26 Å². The lowest BCUT2D eigenvalue weighted by molar-refractivity contribution is -0.138. The second-order valence-corrected chi connectivity index (χ2v) is 15.8. The van der Waals surface area contributed by atoms with Crippen LogP contribution in [-0.2, 0) is 11.0 Å². The van der Waals surface area contributed by atoms with E-state index in [1.807, 2.05) is 24.4 Å². The summed E-state index contributed by atoms with van der Waals surface area (Å²) in [5, 5.41) is 15.5. The molecule has 8 rings (SSSR count). The van der Waals surface area contributed by atoms with Gasteiger partial charge in [-0.2, -0.15) is 18.4 Å². The number of carbonyl (C=O) groups is 3. The smallest absolute Gasteiger partial charge is 0.417 e. The van der Waals surface area contributed by atoms with Gasteiger partial charge >= 0.3 is 12.2 Å². The molecule has 0 unspecified atom stereocenters. The van der Waals surface area contributed by atoms with Crippen LogP contribution in [0.15, 0.2) is 61.2 Å². The Labute approximate surface area is 334 Å². The van der Waals surface area contributed by atoms with Crippen LogP contribution in [-0.4, -0.2) is 88.7 Å². The molecule has 1 aromatic carbocycles. The van der Waals surface area contributed by atoms with Crippen molar-refractivity contribution in [3.05, 3.63) is 77.9 Å². The zero-order valence-corrected chi connectivity index (χ0v) is 32.1. The van der Waals surface area contributed by atoms with Crippen LogP contribution < -0.4 is 25.2 Å². The molecule has 0 atom stereocenters. The summed E-state index contributed by atoms with van der Waals surface area (Å²) < 4.78 is 48.2. The van der Waals surface area contributed by atoms with E-state index in [0.717, 1.165) is 92.9 Å². The Morgan fingerprint density at radius 2 is 1.71 bits per heavy atom. The molecule has 58 heavy (non-hydrogen) atoms. The number of hydrogen-bond acceptors (Lipinski definition) is 9. The zero-order chi connectivity index (χ0) is 40.4. The Bertz CT molecular complexity index is 2180. The van der Waals surface area contributed by atoms with E-state index in [1.54, 1.807) is 23.4 Å². The molecule has 4 amide bonds. The molecule has 0 radical (unpaired) electrons. The molecule has 3 aliphatic heterocycles. The Balaban J connectivity index is 0.759. The van der Waals surface area contributed by atoms with Crippen molar-refractivity contribution in [2.24, 2.45) is 5.92 Å². The number of piperidine rings is 2. The number of anilines is 2. The molecule has 3 saturated heterocycles. The van der Waals surface area contributed by atoms with E-state index < -0.39 is 23.3 Å². The highest BCUT2D eigenvalue weighted by Gasteiger charge is 2.35. The van der Waals surface area contributed by atoms with Gasteiger partial charge in [0, 0.05) is 75.6 Å². The van der Waals surface area contributed by atoms with E-state index in [1.165, 1.54) is 6.07 Å². The summed E-state index contributed by atoms with van der Waals surface area (Å²) in [5.74, 6) is 1.08. The summed E-state index contributed by atoms with van der Waals surface area (Å²) in [4.78, 5) is 52.8. The van der Waals surface area contributed by atoms with Crippen LogP contribution in [0.5, 0.6) is 5.75 Å². The maximum Gasteiger partial charge on any atom is 0.417 e. The van der Waals surface area contributed by atoms with Gasteiger partial charge in [0.15, 0.2) is 0 Å². The molecule has 3 aromatic heterocycles. The summed E-state index contributed by atoms with van der Waals surface area (Å²) in [7, 11) is 0. The molecule has 6 heterocycles. The molecule has 0 bridgehead atoms. The van der Waals surface area contributed by atoms with Gasteiger partial charge in [-0.3, -0.25) is 24.8 Å². The first-order valence-corrected chi connectivity index (χ1v) is 20.1. The van der Waals surface area contributed by atoms with Crippen molar-refractivity contribution in [2.75, 3.05) is 49.1 Å². The summed E-state index contributed by atoms with van der Waals surface area (Å²) >= 11 is 0. The average molecular weight is 798 g/mol. The summed E-state index contributed by atoms with van der Waals surface area (Å²) in [6, 6.07) is 10.6. The minimum Gasteiger partial charge on any atom is -0.490 e. The van der Waals surface area contributed by atoms with Gasteiger partial charge in [-0.05, 0) is 93.7 Å². The number of aromatic nitrogens is 3. The predicted octanol–water partition coefficient (Wildman–Crippen LogP) is 6.44. The lowest BCUT2D eigenvalue weighted by Crippen LogP contribution is -2.49. The van der Waals surface area contributed by atoms with Crippen molar-refractivity contribution in [3.63, 3.8) is 0 Å². The van der Waals surface area contributed by atoms with Crippen molar-refractivity contribution in [2.45, 2.75) is 82.2 Å². The van der Waals surface area contributed by atoms with Gasteiger partial charge in [0.2, 0.25) is 5.91 Å². The molecule has 1 aliphatic carbocycles. The van der Waals surface area contributed by atoms with Crippen molar-refractivity contribution in [1.82, 2.24) is 30.1 Å². The third kappa shape index (κ3) is 8.59. The fourth-order valence-corrected chi connectivity index (χ4v) is 8.90. The minimum absolute atomic E-state index is 0.0759. The number of amides is 4. The number of pyridine rings is 2. The highest BCUT2D eigenvalue weighted by Crippen LogP contribution is 2.36. The van der Waals surface area contributed by atoms with Gasteiger partial charge in [-0.1, -0.05) is 0 Å². The number of nitriles is 1. The number of benzene rings is 1. The fourth-order valence-electron chi connectivity index (χ4n) is 8.90. The molecule has 1 saturated carbocycles. The lowest BCUT2D eigenvalue weighted by Gasteiger charge is -2.38. The van der Waals surface area contributed by atoms with Crippen molar-refractivity contribution >= 4 is 40.3 Å². The summed E-state index contributed by atoms with van der Waals surface area (Å²) in [6.07, 6.45) is 9.23. The number of ether oxygens (including phenoxy) is 1. The van der Waals surface area contributed by atoms with Crippen LogP contribution >= 0.6 is 0 Å². The van der Waals surface area contributed by atoms with Crippen LogP contribution in [0, 0.1) is 17.2 Å². The maximum absolute atomic E-state index is 13.4. The van der Waals surface area contributed by atoms with Gasteiger partial charge in [0.25, 0.3) is 5.91 Å². The SMILES string of the molecule is N#Cc1ccc(OC2CCC(NC(=O)c3ccc(N4CCC(CN5CCC(n6ccc7c(N8CCC(=O)NC8=O)cncc76)CC5)CC4)nc3)CC2)cc1C(F)(F)F. The highest BCUT2D eigenvalue weighted by atomic mass is 19.4. The van der Waals surface area contributed by atoms with Crippen LogP contribution in [0.2, 0.25) is 0 Å². The predicted molar refractivity (Wildman–Crippen MR) is 209 cm³/mol. The number of carbonyl (C=O) groups excluding carboxylic acids is 3. The standard InChI is InChI=1S/C42H46F3N9O4/c43-42(44,45)35-21-33(5-1-28(35)22-46)58-32-6-3-30(4-7-32)49-40(56)29-2-8-38(48-23-29)52-17-9-27(10-18-52)26-51-15-11-31(12-16-51)53-19-13-34-36(53)24-47-25-37(34)54-20-14-39(55)50-41(54)57/h1-2,5,8,13,19,21,23-25,27,30-32H,3-4,6-7,9-12,14-18,20,26H2,(H,49,56)(H,50,55,57). The van der Waals surface area contributed by atoms with Gasteiger partial charge in [0.05, 0.1) is 52.5 Å². The van der Waals surface area contributed by atoms with Crippen LogP contribution in [0.1, 0.15) is 85.3 Å². The van der Waals surface area contributed by atoms with Crippen LogP contribution in [0.4, 0.5) is 29.5 Å². The number of nitrogens with one attached hydrogen (secondary N) is 2. The third-order valence-corrected chi connectivity index (χ3v) is 12.1. The molecule has 4 aliphatic rings. The maximum atomic E-state index is 13.4. The topological polar surface area (TPSA) is 149 Å². The monoisotopic (exact) mass is 797 g/mol. The first-order valence-electron chi connectivity index (χ1n) is 20.1. The number of urea groups is 1. The molecule has 4 fully saturated rings. The Morgan fingerprint density at radius 3 is 2.40 bits per heavy atom. The zero-order valence-electron chi connectivity index (χ0n) is 32.1. The number of fused-ring (bicyclic) bond motifs is 1. The van der Waals surface area contributed by atoms with E-state index in [9.17, 15) is 27.6 Å². The van der Waals surface area contributed by atoms with Crippen molar-refractivity contribution < 1.29 is 32.3 Å². The molecule has 0 spiro atoms. The molecule has 2 N–H and O–H groups in total. The van der Waals surface area contributed by atoms with E-state index in [-0.39, 0.29) is 36.1 Å². The summed E-state index contributed by atoms with van der Waals surface area (Å²) in [6.45, 7) is 5.24. The van der Waals surface area contributed by atoms with E-state index in [0.29, 0.717) is 49.8 Å².